The molecule has 0 aromatic heterocycles. The molecular formula is C20H18NO2P. The zero-order chi connectivity index (χ0) is 16.8. The molecule has 0 aliphatic carbocycles. The molecule has 3 nitrogen and oxygen atoms in total. The van der Waals surface area contributed by atoms with Crippen molar-refractivity contribution in [2.45, 2.75) is 0 Å². The van der Waals surface area contributed by atoms with Crippen molar-refractivity contribution in [2.75, 3.05) is 7.11 Å². The van der Waals surface area contributed by atoms with Gasteiger partial charge in [0.25, 0.3) is 0 Å². The minimum absolute atomic E-state index is 0.556. The van der Waals surface area contributed by atoms with Crippen LogP contribution >= 0.6 is 7.05 Å². The van der Waals surface area contributed by atoms with Gasteiger partial charge in [-0.05, 0) is 0 Å². The molecule has 0 aliphatic rings. The Kier molecular flexibility index (Phi) is 4.93. The van der Waals surface area contributed by atoms with Crippen LogP contribution in [0.1, 0.15) is 0 Å². The smallest absolute Gasteiger partial charge is 0.432 e. The van der Waals surface area contributed by atoms with E-state index >= 15 is 0 Å². The normalized spacial score (nSPS) is 10.9. The van der Waals surface area contributed by atoms with Crippen LogP contribution in [0.5, 0.6) is 0 Å². The van der Waals surface area contributed by atoms with Crippen LogP contribution in [0, 0.1) is 0 Å². The van der Waals surface area contributed by atoms with Crippen LogP contribution in [0.15, 0.2) is 95.7 Å². The number of methoxy groups -OCH3 is 1. The van der Waals surface area contributed by atoms with E-state index in [1.54, 1.807) is 0 Å². The van der Waals surface area contributed by atoms with E-state index in [9.17, 15) is 4.79 Å². The highest BCUT2D eigenvalue weighted by molar-refractivity contribution is 7.87. The van der Waals surface area contributed by atoms with Gasteiger partial charge in [0, 0.05) is 15.9 Å². The van der Waals surface area contributed by atoms with Gasteiger partial charge in [0.2, 0.25) is 0 Å². The number of hydrogen-bond acceptors (Lipinski definition) is 2. The van der Waals surface area contributed by atoms with Gasteiger partial charge in [-0.15, -0.1) is 0 Å². The summed E-state index contributed by atoms with van der Waals surface area (Å²) in [6.07, 6.45) is -0.556. The molecule has 0 spiro atoms. The molecule has 24 heavy (non-hydrogen) atoms. The van der Waals surface area contributed by atoms with Crippen LogP contribution in [0.4, 0.5) is 4.79 Å². The molecule has 120 valence electrons. The van der Waals surface area contributed by atoms with Crippen molar-refractivity contribution in [3.63, 3.8) is 0 Å². The van der Waals surface area contributed by atoms with E-state index < -0.39 is 13.1 Å². The molecule has 0 atom stereocenters. The number of carbonyl (C=O) groups excluding carboxylic acids is 1. The maximum Gasteiger partial charge on any atom is 0.432 e. The fourth-order valence-corrected chi connectivity index (χ4v) is 6.09. The highest BCUT2D eigenvalue weighted by Gasteiger charge is 2.28. The predicted molar refractivity (Wildman–Crippen MR) is 100.0 cm³/mol. The fourth-order valence-electron chi connectivity index (χ4n) is 2.71. The van der Waals surface area contributed by atoms with Crippen molar-refractivity contribution >= 4 is 29.1 Å². The summed E-state index contributed by atoms with van der Waals surface area (Å²) >= 11 is 0. The highest BCUT2D eigenvalue weighted by atomic mass is 31.2. The van der Waals surface area contributed by atoms with E-state index in [-0.39, 0.29) is 0 Å². The number of carbonyl (C=O) groups is 1. The molecule has 0 N–H and O–H groups in total. The molecule has 0 fully saturated rings. The molecule has 0 aliphatic heterocycles. The Morgan fingerprint density at radius 3 is 1.33 bits per heavy atom. The molecule has 0 saturated carbocycles. The van der Waals surface area contributed by atoms with E-state index in [0.29, 0.717) is 0 Å². The van der Waals surface area contributed by atoms with Crippen LogP contribution in [0.2, 0.25) is 0 Å². The van der Waals surface area contributed by atoms with Crippen molar-refractivity contribution < 1.29 is 9.53 Å². The Morgan fingerprint density at radius 2 is 1.04 bits per heavy atom. The lowest BCUT2D eigenvalue weighted by Crippen LogP contribution is -2.26. The number of benzene rings is 3. The second-order valence-corrected chi connectivity index (χ2v) is 8.23. The third-order valence-electron chi connectivity index (χ3n) is 3.80. The number of ether oxygens (including phenoxy) is 1. The van der Waals surface area contributed by atoms with Crippen molar-refractivity contribution in [2.24, 2.45) is 4.74 Å². The quantitative estimate of drug-likeness (QED) is 0.680. The molecule has 0 unspecified atom stereocenters. The molecule has 0 bridgehead atoms. The topological polar surface area (TPSA) is 38.7 Å². The summed E-state index contributed by atoms with van der Waals surface area (Å²) in [7, 11) is -1.11. The van der Waals surface area contributed by atoms with E-state index in [1.807, 2.05) is 91.0 Å². The first-order valence-electron chi connectivity index (χ1n) is 7.64. The minimum Gasteiger partial charge on any atom is -0.451 e. The van der Waals surface area contributed by atoms with Crippen molar-refractivity contribution in [3.8, 4) is 0 Å². The van der Waals surface area contributed by atoms with Gasteiger partial charge in [0.15, 0.2) is 0 Å². The summed E-state index contributed by atoms with van der Waals surface area (Å²) in [4.78, 5) is 12.2. The number of rotatable bonds is 3. The monoisotopic (exact) mass is 335 g/mol. The molecule has 3 aromatic rings. The van der Waals surface area contributed by atoms with Crippen molar-refractivity contribution in [1.29, 1.82) is 0 Å². The summed E-state index contributed by atoms with van der Waals surface area (Å²) in [6, 6.07) is 29.9. The average Bonchev–Trinajstić information content (AvgIpc) is 2.68. The molecule has 3 rings (SSSR count). The van der Waals surface area contributed by atoms with E-state index in [1.165, 1.54) is 7.11 Å². The first-order valence-corrected chi connectivity index (χ1v) is 9.38. The third kappa shape index (κ3) is 3.04. The third-order valence-corrected chi connectivity index (χ3v) is 7.40. The maximum absolute atomic E-state index is 12.2. The SMILES string of the molecule is COC(=O)N=P(c1ccccc1)(c1ccccc1)c1ccccc1. The summed E-state index contributed by atoms with van der Waals surface area (Å²) in [6.45, 7) is 0. The van der Waals surface area contributed by atoms with Gasteiger partial charge in [-0.1, -0.05) is 91.0 Å². The Labute approximate surface area is 142 Å². The van der Waals surface area contributed by atoms with Crippen molar-refractivity contribution in [3.05, 3.63) is 91.0 Å². The van der Waals surface area contributed by atoms with E-state index in [2.05, 4.69) is 4.74 Å². The van der Waals surface area contributed by atoms with Gasteiger partial charge in [-0.25, -0.2) is 4.79 Å². The molecule has 0 heterocycles. The number of amides is 1. The lowest BCUT2D eigenvalue weighted by atomic mass is 10.4. The lowest BCUT2D eigenvalue weighted by molar-refractivity contribution is 0.183. The average molecular weight is 335 g/mol. The first kappa shape index (κ1) is 16.2. The van der Waals surface area contributed by atoms with Crippen LogP contribution in [0.3, 0.4) is 0 Å². The van der Waals surface area contributed by atoms with Crippen molar-refractivity contribution in [1.82, 2.24) is 0 Å². The largest absolute Gasteiger partial charge is 0.451 e. The lowest BCUT2D eigenvalue weighted by Gasteiger charge is -2.25. The molecule has 4 heteroatoms. The Morgan fingerprint density at radius 1 is 0.708 bits per heavy atom. The molecule has 0 saturated heterocycles. The number of nitrogens with zero attached hydrogens (tertiary/aromatic N) is 1. The summed E-state index contributed by atoms with van der Waals surface area (Å²) in [5.74, 6) is 0. The second kappa shape index (κ2) is 7.29. The van der Waals surface area contributed by atoms with E-state index in [0.717, 1.165) is 15.9 Å². The second-order valence-electron chi connectivity index (χ2n) is 5.21. The molecule has 1 amide bonds. The Balaban J connectivity index is 2.42. The molecule has 3 aromatic carbocycles. The zero-order valence-corrected chi connectivity index (χ0v) is 14.3. The Hall–Kier alpha value is -2.64. The highest BCUT2D eigenvalue weighted by Crippen LogP contribution is 2.46. The van der Waals surface area contributed by atoms with Gasteiger partial charge < -0.3 is 4.74 Å². The van der Waals surface area contributed by atoms with Gasteiger partial charge in [-0.3, -0.25) is 0 Å². The van der Waals surface area contributed by atoms with Crippen LogP contribution < -0.4 is 15.9 Å². The fraction of sp³-hybridized carbons (Fsp3) is 0.0500. The number of hydrogen-bond donors (Lipinski definition) is 0. The van der Waals surface area contributed by atoms with E-state index in [4.69, 9.17) is 4.74 Å². The molecular weight excluding hydrogens is 317 g/mol. The van der Waals surface area contributed by atoms with Crippen LogP contribution in [-0.4, -0.2) is 13.2 Å². The van der Waals surface area contributed by atoms with Gasteiger partial charge in [-0.2, -0.15) is 4.74 Å². The van der Waals surface area contributed by atoms with Crippen LogP contribution in [-0.2, 0) is 4.74 Å². The summed E-state index contributed by atoms with van der Waals surface area (Å²) < 4.78 is 9.48. The Bertz CT molecular complexity index is 758. The standard InChI is InChI=1S/C20H18NO2P/c1-23-20(22)21-24(17-11-5-2-6-12-17,18-13-7-3-8-14-18)19-15-9-4-10-16-19/h2-16H,1H3. The summed E-state index contributed by atoms with van der Waals surface area (Å²) in [5.41, 5.74) is 0. The maximum atomic E-state index is 12.2. The molecule has 0 radical (unpaired) electrons. The van der Waals surface area contributed by atoms with Gasteiger partial charge >= 0.3 is 6.09 Å². The van der Waals surface area contributed by atoms with Gasteiger partial charge in [0.05, 0.1) is 14.2 Å². The minimum atomic E-state index is -2.48. The van der Waals surface area contributed by atoms with Crippen LogP contribution in [0.25, 0.3) is 0 Å². The summed E-state index contributed by atoms with van der Waals surface area (Å²) in [5, 5.41) is 3.06. The zero-order valence-electron chi connectivity index (χ0n) is 13.4. The van der Waals surface area contributed by atoms with Gasteiger partial charge in [0.1, 0.15) is 0 Å². The predicted octanol–water partition coefficient (Wildman–Crippen LogP) is 3.93. The first-order chi connectivity index (χ1) is 11.8.